The fourth-order valence-corrected chi connectivity index (χ4v) is 4.35. The van der Waals surface area contributed by atoms with Crippen LogP contribution >= 0.6 is 0 Å². The lowest BCUT2D eigenvalue weighted by atomic mass is 9.92. The molecule has 3 heteroatoms. The summed E-state index contributed by atoms with van der Waals surface area (Å²) in [6.45, 7) is 2.00. The first-order valence-corrected chi connectivity index (χ1v) is 7.90. The van der Waals surface area contributed by atoms with Gasteiger partial charge in [0, 0.05) is 19.2 Å². The summed E-state index contributed by atoms with van der Waals surface area (Å²) < 4.78 is 1.90. The maximum absolute atomic E-state index is 10.7. The average molecular weight is 282 g/mol. The Balaban J connectivity index is 1.53. The van der Waals surface area contributed by atoms with E-state index in [0.717, 1.165) is 17.8 Å². The van der Waals surface area contributed by atoms with Crippen molar-refractivity contribution in [1.82, 2.24) is 9.78 Å². The fraction of sp³-hybridized carbons (Fsp3) is 0.500. The van der Waals surface area contributed by atoms with Crippen molar-refractivity contribution in [2.24, 2.45) is 18.9 Å². The Kier molecular flexibility index (Phi) is 2.93. The molecule has 4 unspecified atom stereocenters. The van der Waals surface area contributed by atoms with Gasteiger partial charge in [0.2, 0.25) is 0 Å². The molecule has 0 radical (unpaired) electrons. The molecule has 0 bridgehead atoms. The Morgan fingerprint density at radius 3 is 2.95 bits per heavy atom. The van der Waals surface area contributed by atoms with Crippen molar-refractivity contribution >= 4 is 0 Å². The van der Waals surface area contributed by atoms with Crippen LogP contribution in [0, 0.1) is 18.8 Å². The first kappa shape index (κ1) is 13.1. The van der Waals surface area contributed by atoms with Gasteiger partial charge in [0.25, 0.3) is 0 Å². The summed E-state index contributed by atoms with van der Waals surface area (Å²) in [6, 6.07) is 10.9. The SMILES string of the molecule is Cc1cc(CC(O)C2C3CCc4ccccc4C32)n(C)n1. The first-order valence-electron chi connectivity index (χ1n) is 7.90. The van der Waals surface area contributed by atoms with E-state index in [1.807, 2.05) is 18.7 Å². The second-order valence-corrected chi connectivity index (χ2v) is 6.68. The van der Waals surface area contributed by atoms with Crippen LogP contribution in [0.5, 0.6) is 0 Å². The van der Waals surface area contributed by atoms with Crippen molar-refractivity contribution in [1.29, 1.82) is 0 Å². The third kappa shape index (κ3) is 2.11. The summed E-state index contributed by atoms with van der Waals surface area (Å²) in [7, 11) is 1.96. The topological polar surface area (TPSA) is 38.0 Å². The lowest BCUT2D eigenvalue weighted by molar-refractivity contribution is 0.141. The Morgan fingerprint density at radius 1 is 1.38 bits per heavy atom. The number of aliphatic hydroxyl groups excluding tert-OH is 1. The predicted octanol–water partition coefficient (Wildman–Crippen LogP) is 2.61. The molecule has 0 amide bonds. The molecule has 1 heterocycles. The predicted molar refractivity (Wildman–Crippen MR) is 82.1 cm³/mol. The minimum Gasteiger partial charge on any atom is -0.392 e. The number of aliphatic hydroxyl groups is 1. The summed E-state index contributed by atoms with van der Waals surface area (Å²) in [6.07, 6.45) is 2.87. The minimum absolute atomic E-state index is 0.249. The van der Waals surface area contributed by atoms with Crippen LogP contribution in [0.2, 0.25) is 0 Å². The summed E-state index contributed by atoms with van der Waals surface area (Å²) in [4.78, 5) is 0. The number of rotatable bonds is 3. The number of benzene rings is 1. The molecule has 1 fully saturated rings. The highest BCUT2D eigenvalue weighted by Gasteiger charge is 2.55. The third-order valence-electron chi connectivity index (χ3n) is 5.35. The zero-order valence-electron chi connectivity index (χ0n) is 12.7. The molecule has 0 saturated heterocycles. The molecule has 0 aliphatic heterocycles. The van der Waals surface area contributed by atoms with Gasteiger partial charge < -0.3 is 5.11 Å². The highest BCUT2D eigenvalue weighted by atomic mass is 16.3. The maximum Gasteiger partial charge on any atom is 0.0632 e. The number of hydrogen-bond donors (Lipinski definition) is 1. The Bertz CT molecular complexity index is 676. The van der Waals surface area contributed by atoms with Crippen LogP contribution in [0.25, 0.3) is 0 Å². The lowest BCUT2D eigenvalue weighted by Gasteiger charge is -2.13. The van der Waals surface area contributed by atoms with Gasteiger partial charge in [0.15, 0.2) is 0 Å². The Morgan fingerprint density at radius 2 is 2.19 bits per heavy atom. The Labute approximate surface area is 125 Å². The van der Waals surface area contributed by atoms with E-state index in [-0.39, 0.29) is 6.10 Å². The molecule has 1 saturated carbocycles. The summed E-state index contributed by atoms with van der Waals surface area (Å²) in [5.41, 5.74) is 5.14. The monoisotopic (exact) mass is 282 g/mol. The minimum atomic E-state index is -0.249. The molecule has 21 heavy (non-hydrogen) atoms. The first-order chi connectivity index (χ1) is 10.1. The van der Waals surface area contributed by atoms with Gasteiger partial charge in [-0.3, -0.25) is 4.68 Å². The third-order valence-corrected chi connectivity index (χ3v) is 5.35. The van der Waals surface area contributed by atoms with E-state index in [1.165, 1.54) is 24.0 Å². The van der Waals surface area contributed by atoms with Gasteiger partial charge in [-0.2, -0.15) is 5.10 Å². The van der Waals surface area contributed by atoms with Gasteiger partial charge in [-0.25, -0.2) is 0 Å². The van der Waals surface area contributed by atoms with Crippen molar-refractivity contribution in [3.05, 3.63) is 52.8 Å². The second kappa shape index (κ2) is 4.70. The van der Waals surface area contributed by atoms with Crippen LogP contribution in [0.3, 0.4) is 0 Å². The van der Waals surface area contributed by atoms with Crippen LogP contribution < -0.4 is 0 Å². The van der Waals surface area contributed by atoms with Crippen molar-refractivity contribution in [2.75, 3.05) is 0 Å². The lowest BCUT2D eigenvalue weighted by Crippen LogP contribution is -2.17. The van der Waals surface area contributed by atoms with Crippen LogP contribution in [0.4, 0.5) is 0 Å². The summed E-state index contributed by atoms with van der Waals surface area (Å²) in [5.74, 6) is 1.70. The van der Waals surface area contributed by atoms with E-state index in [0.29, 0.717) is 17.8 Å². The quantitative estimate of drug-likeness (QED) is 0.939. The molecule has 1 aromatic carbocycles. The molecule has 1 aromatic heterocycles. The molecule has 2 aromatic rings. The smallest absolute Gasteiger partial charge is 0.0632 e. The van der Waals surface area contributed by atoms with Crippen molar-refractivity contribution in [3.63, 3.8) is 0 Å². The van der Waals surface area contributed by atoms with Crippen LogP contribution in [-0.4, -0.2) is 21.0 Å². The van der Waals surface area contributed by atoms with E-state index in [2.05, 4.69) is 35.4 Å². The van der Waals surface area contributed by atoms with Crippen LogP contribution in [0.15, 0.2) is 30.3 Å². The number of hydrogen-bond acceptors (Lipinski definition) is 2. The molecular weight excluding hydrogens is 260 g/mol. The van der Waals surface area contributed by atoms with Crippen molar-refractivity contribution < 1.29 is 5.11 Å². The zero-order valence-corrected chi connectivity index (χ0v) is 12.7. The molecule has 2 aliphatic rings. The van der Waals surface area contributed by atoms with E-state index < -0.39 is 0 Å². The van der Waals surface area contributed by atoms with E-state index in [1.54, 1.807) is 0 Å². The van der Waals surface area contributed by atoms with Gasteiger partial charge in [0.05, 0.1) is 11.8 Å². The summed E-state index contributed by atoms with van der Waals surface area (Å²) in [5, 5.41) is 15.1. The molecule has 3 nitrogen and oxygen atoms in total. The van der Waals surface area contributed by atoms with E-state index >= 15 is 0 Å². The molecule has 1 N–H and O–H groups in total. The second-order valence-electron chi connectivity index (χ2n) is 6.68. The van der Waals surface area contributed by atoms with Crippen molar-refractivity contribution in [3.8, 4) is 0 Å². The summed E-state index contributed by atoms with van der Waals surface area (Å²) >= 11 is 0. The van der Waals surface area contributed by atoms with Crippen molar-refractivity contribution in [2.45, 2.75) is 38.2 Å². The number of aromatic nitrogens is 2. The standard InChI is InChI=1S/C18H22N2O/c1-11-9-13(20(2)19-11)10-16(21)18-15-8-7-12-5-3-4-6-14(12)17(15)18/h3-6,9,15-18,21H,7-8,10H2,1-2H3. The molecule has 4 rings (SSSR count). The molecular formula is C18H22N2O. The van der Waals surface area contributed by atoms with E-state index in [4.69, 9.17) is 0 Å². The Hall–Kier alpha value is -1.61. The van der Waals surface area contributed by atoms with Gasteiger partial charge in [0.1, 0.15) is 0 Å². The number of aryl methyl sites for hydroxylation is 3. The van der Waals surface area contributed by atoms with Gasteiger partial charge >= 0.3 is 0 Å². The highest BCUT2D eigenvalue weighted by Crippen LogP contribution is 2.61. The largest absolute Gasteiger partial charge is 0.392 e. The normalized spacial score (nSPS) is 27.9. The van der Waals surface area contributed by atoms with E-state index in [9.17, 15) is 5.11 Å². The fourth-order valence-electron chi connectivity index (χ4n) is 4.35. The number of fused-ring (bicyclic) bond motifs is 3. The molecule has 2 aliphatic carbocycles. The molecule has 110 valence electrons. The number of nitrogens with zero attached hydrogens (tertiary/aromatic N) is 2. The van der Waals surface area contributed by atoms with Gasteiger partial charge in [-0.15, -0.1) is 0 Å². The van der Waals surface area contributed by atoms with Gasteiger partial charge in [-0.05, 0) is 54.7 Å². The zero-order chi connectivity index (χ0) is 14.6. The van der Waals surface area contributed by atoms with Crippen LogP contribution in [-0.2, 0) is 19.9 Å². The van der Waals surface area contributed by atoms with Crippen LogP contribution in [0.1, 0.15) is 34.9 Å². The highest BCUT2D eigenvalue weighted by molar-refractivity contribution is 5.40. The maximum atomic E-state index is 10.7. The van der Waals surface area contributed by atoms with Gasteiger partial charge in [-0.1, -0.05) is 24.3 Å². The molecule has 0 spiro atoms. The average Bonchev–Trinajstić information content (AvgIpc) is 3.13. The molecule has 4 atom stereocenters.